The van der Waals surface area contributed by atoms with Gasteiger partial charge in [-0.05, 0) is 12.8 Å². The Balaban J connectivity index is 3.97. The number of unbranched alkanes of at least 4 members (excludes halogenated alkanes) is 17. The number of phosphoric ester groups is 1. The first kappa shape index (κ1) is 39.0. The molecule has 0 fully saturated rings. The molecule has 0 aromatic rings. The van der Waals surface area contributed by atoms with E-state index in [4.69, 9.17) is 24.3 Å². The van der Waals surface area contributed by atoms with Crippen LogP contribution in [0.1, 0.15) is 149 Å². The lowest BCUT2D eigenvalue weighted by atomic mass is 10.0. The highest BCUT2D eigenvalue weighted by atomic mass is 31.2. The molecule has 0 saturated carbocycles. The van der Waals surface area contributed by atoms with E-state index in [2.05, 4.69) is 6.92 Å². The van der Waals surface area contributed by atoms with E-state index in [0.29, 0.717) is 12.8 Å². The van der Waals surface area contributed by atoms with Crippen molar-refractivity contribution in [2.45, 2.75) is 155 Å². The molecule has 9 nitrogen and oxygen atoms in total. The number of hydrogen-bond donors (Lipinski definition) is 2. The van der Waals surface area contributed by atoms with Crippen LogP contribution < -0.4 is 5.73 Å². The largest absolute Gasteiger partial charge is 0.472 e. The molecule has 0 rings (SSSR count). The Morgan fingerprint density at radius 2 is 1.10 bits per heavy atom. The zero-order valence-corrected chi connectivity index (χ0v) is 26.5. The van der Waals surface area contributed by atoms with Gasteiger partial charge in [-0.1, -0.05) is 123 Å². The Morgan fingerprint density at radius 1 is 0.650 bits per heavy atom. The van der Waals surface area contributed by atoms with Gasteiger partial charge in [-0.3, -0.25) is 18.6 Å². The fraction of sp³-hybridized carbons (Fsp3) is 0.933. The molecule has 0 bridgehead atoms. The Kier molecular flexibility index (Phi) is 27.4. The predicted octanol–water partition coefficient (Wildman–Crippen LogP) is 7.77. The molecule has 2 atom stereocenters. The summed E-state index contributed by atoms with van der Waals surface area (Å²) in [6.45, 7) is 3.46. The van der Waals surface area contributed by atoms with E-state index in [1.54, 1.807) is 0 Å². The van der Waals surface area contributed by atoms with Crippen molar-refractivity contribution in [3.05, 3.63) is 0 Å². The molecule has 0 aliphatic carbocycles. The summed E-state index contributed by atoms with van der Waals surface area (Å²) < 4.78 is 32.0. The van der Waals surface area contributed by atoms with Gasteiger partial charge in [0.2, 0.25) is 0 Å². The van der Waals surface area contributed by atoms with Crippen LogP contribution in [0.25, 0.3) is 0 Å². The van der Waals surface area contributed by atoms with E-state index in [0.717, 1.165) is 19.3 Å². The number of hydrogen-bond acceptors (Lipinski definition) is 8. The zero-order chi connectivity index (χ0) is 29.7. The minimum Gasteiger partial charge on any atom is -0.462 e. The van der Waals surface area contributed by atoms with Gasteiger partial charge in [-0.2, -0.15) is 0 Å². The van der Waals surface area contributed by atoms with Gasteiger partial charge in [0.15, 0.2) is 6.10 Å². The van der Waals surface area contributed by atoms with E-state index >= 15 is 0 Å². The molecular weight excluding hydrogens is 533 g/mol. The number of carbonyl (C=O) groups is 2. The first-order chi connectivity index (χ1) is 19.3. The van der Waals surface area contributed by atoms with Gasteiger partial charge in [0, 0.05) is 19.4 Å². The highest BCUT2D eigenvalue weighted by Crippen LogP contribution is 2.43. The third kappa shape index (κ3) is 27.2. The molecular formula is C30H60NO8P. The van der Waals surface area contributed by atoms with Gasteiger partial charge in [0.05, 0.1) is 13.2 Å². The maximum Gasteiger partial charge on any atom is 0.472 e. The summed E-state index contributed by atoms with van der Waals surface area (Å²) in [7, 11) is -4.34. The van der Waals surface area contributed by atoms with Crippen LogP contribution in [0, 0.1) is 0 Å². The molecule has 3 N–H and O–H groups in total. The summed E-state index contributed by atoms with van der Waals surface area (Å²) in [5, 5.41) is 0. The third-order valence-electron chi connectivity index (χ3n) is 6.74. The fourth-order valence-electron chi connectivity index (χ4n) is 4.32. The van der Waals surface area contributed by atoms with E-state index in [9.17, 15) is 19.0 Å². The molecule has 0 amide bonds. The van der Waals surface area contributed by atoms with Crippen molar-refractivity contribution < 1.29 is 37.6 Å². The van der Waals surface area contributed by atoms with E-state index in [1.807, 2.05) is 6.92 Å². The summed E-state index contributed by atoms with van der Waals surface area (Å²) in [5.74, 6) is -0.863. The van der Waals surface area contributed by atoms with Gasteiger partial charge < -0.3 is 20.1 Å². The van der Waals surface area contributed by atoms with Crippen LogP contribution in [0.3, 0.4) is 0 Å². The zero-order valence-electron chi connectivity index (χ0n) is 25.6. The average Bonchev–Trinajstić information content (AvgIpc) is 2.93. The first-order valence-corrected chi connectivity index (χ1v) is 17.5. The van der Waals surface area contributed by atoms with Crippen molar-refractivity contribution in [3.8, 4) is 0 Å². The summed E-state index contributed by atoms with van der Waals surface area (Å²) in [4.78, 5) is 33.9. The quantitative estimate of drug-likeness (QED) is 0.0486. The van der Waals surface area contributed by atoms with Crippen molar-refractivity contribution >= 4 is 19.8 Å². The molecule has 238 valence electrons. The third-order valence-corrected chi connectivity index (χ3v) is 7.73. The maximum absolute atomic E-state index is 12.3. The SMILES string of the molecule is CCCCCCCCCCCCCCCCCCCC(=O)O[C@H](COC(=O)CCCC)COP(=O)(O)OCCN. The second kappa shape index (κ2) is 28.1. The number of ether oxygens (including phenoxy) is 2. The molecule has 0 aromatic carbocycles. The fourth-order valence-corrected chi connectivity index (χ4v) is 5.08. The van der Waals surface area contributed by atoms with Gasteiger partial charge in [-0.15, -0.1) is 0 Å². The molecule has 40 heavy (non-hydrogen) atoms. The van der Waals surface area contributed by atoms with Crippen LogP contribution in [0.15, 0.2) is 0 Å². The van der Waals surface area contributed by atoms with Crippen molar-refractivity contribution in [1.29, 1.82) is 0 Å². The van der Waals surface area contributed by atoms with Crippen LogP contribution >= 0.6 is 7.82 Å². The molecule has 0 heterocycles. The Morgan fingerprint density at radius 3 is 1.57 bits per heavy atom. The first-order valence-electron chi connectivity index (χ1n) is 16.0. The number of carbonyl (C=O) groups excluding carboxylic acids is 2. The number of nitrogens with two attached hydrogens (primary N) is 1. The lowest BCUT2D eigenvalue weighted by Crippen LogP contribution is -2.29. The van der Waals surface area contributed by atoms with Crippen LogP contribution in [0.4, 0.5) is 0 Å². The molecule has 10 heteroatoms. The maximum atomic E-state index is 12.3. The molecule has 0 saturated heterocycles. The molecule has 0 radical (unpaired) electrons. The van der Waals surface area contributed by atoms with E-state index in [-0.39, 0.29) is 32.6 Å². The molecule has 0 aliphatic heterocycles. The molecule has 0 spiro atoms. The lowest BCUT2D eigenvalue weighted by molar-refractivity contribution is -0.161. The van der Waals surface area contributed by atoms with E-state index in [1.165, 1.54) is 89.9 Å². The number of rotatable bonds is 30. The highest BCUT2D eigenvalue weighted by molar-refractivity contribution is 7.47. The molecule has 0 aromatic heterocycles. The Bertz CT molecular complexity index is 649. The van der Waals surface area contributed by atoms with Crippen molar-refractivity contribution in [2.24, 2.45) is 5.73 Å². The van der Waals surface area contributed by atoms with Crippen molar-refractivity contribution in [2.75, 3.05) is 26.4 Å². The van der Waals surface area contributed by atoms with Gasteiger partial charge in [-0.25, -0.2) is 4.57 Å². The summed E-state index contributed by atoms with van der Waals surface area (Å²) >= 11 is 0. The lowest BCUT2D eigenvalue weighted by Gasteiger charge is -2.19. The highest BCUT2D eigenvalue weighted by Gasteiger charge is 2.25. The number of phosphoric acid groups is 1. The monoisotopic (exact) mass is 593 g/mol. The minimum atomic E-state index is -4.34. The average molecular weight is 594 g/mol. The van der Waals surface area contributed by atoms with Crippen LogP contribution in [-0.2, 0) is 32.7 Å². The summed E-state index contributed by atoms with van der Waals surface area (Å²) in [5.41, 5.74) is 5.27. The smallest absolute Gasteiger partial charge is 0.462 e. The van der Waals surface area contributed by atoms with Crippen molar-refractivity contribution in [1.82, 2.24) is 0 Å². The Labute approximate surface area is 244 Å². The van der Waals surface area contributed by atoms with Gasteiger partial charge in [0.1, 0.15) is 6.61 Å². The van der Waals surface area contributed by atoms with Crippen LogP contribution in [-0.4, -0.2) is 49.3 Å². The Hall–Kier alpha value is -0.990. The van der Waals surface area contributed by atoms with Gasteiger partial charge in [0.25, 0.3) is 0 Å². The van der Waals surface area contributed by atoms with Crippen LogP contribution in [0.5, 0.6) is 0 Å². The summed E-state index contributed by atoms with van der Waals surface area (Å²) in [6, 6.07) is 0. The second-order valence-electron chi connectivity index (χ2n) is 10.7. The second-order valence-corrected chi connectivity index (χ2v) is 12.1. The molecule has 0 aliphatic rings. The minimum absolute atomic E-state index is 0.0563. The van der Waals surface area contributed by atoms with Gasteiger partial charge >= 0.3 is 19.8 Å². The standard InChI is InChI=1S/C30H60NO8P/c1-3-5-7-8-9-10-11-12-13-14-15-16-17-18-19-20-21-23-30(33)39-28(26-36-29(32)22-6-4-2)27-38-40(34,35)37-25-24-31/h28H,3-27,31H2,1-2H3,(H,34,35)/t28-/m1/s1. The topological polar surface area (TPSA) is 134 Å². The normalized spacial score (nSPS) is 13.6. The van der Waals surface area contributed by atoms with Crippen LogP contribution in [0.2, 0.25) is 0 Å². The predicted molar refractivity (Wildman–Crippen MR) is 160 cm³/mol. The van der Waals surface area contributed by atoms with E-state index < -0.39 is 32.5 Å². The summed E-state index contributed by atoms with van der Waals surface area (Å²) in [6.07, 6.45) is 22.5. The number of esters is 2. The van der Waals surface area contributed by atoms with Crippen molar-refractivity contribution in [3.63, 3.8) is 0 Å². The molecule has 1 unspecified atom stereocenters.